The van der Waals surface area contributed by atoms with Crippen molar-refractivity contribution in [1.29, 1.82) is 0 Å². The van der Waals surface area contributed by atoms with Gasteiger partial charge in [0.1, 0.15) is 17.5 Å². The predicted octanol–water partition coefficient (Wildman–Crippen LogP) is 2.64. The Morgan fingerprint density at radius 1 is 1.20 bits per heavy atom. The molecule has 3 heterocycles. The molecule has 0 atom stereocenters. The zero-order valence-electron chi connectivity index (χ0n) is 10.4. The highest BCUT2D eigenvalue weighted by molar-refractivity contribution is 6.33. The molecule has 6 nitrogen and oxygen atoms in total. The van der Waals surface area contributed by atoms with Crippen molar-refractivity contribution in [2.75, 3.05) is 0 Å². The van der Waals surface area contributed by atoms with Gasteiger partial charge in [0.15, 0.2) is 11.5 Å². The number of aryl methyl sites for hydroxylation is 1. The number of hydrogen-bond donors (Lipinski definition) is 0. The fraction of sp³-hybridized carbons (Fsp3) is 0.167. The van der Waals surface area contributed by atoms with Crippen molar-refractivity contribution in [1.82, 2.24) is 24.7 Å². The Hall–Kier alpha value is -1.92. The van der Waals surface area contributed by atoms with Gasteiger partial charge in [0.2, 0.25) is 0 Å². The van der Waals surface area contributed by atoms with Crippen LogP contribution in [0.5, 0.6) is 5.75 Å². The van der Waals surface area contributed by atoms with Gasteiger partial charge in [0, 0.05) is 19.3 Å². The molecule has 0 bridgehead atoms. The first-order chi connectivity index (χ1) is 9.63. The molecule has 0 fully saturated rings. The van der Waals surface area contributed by atoms with E-state index in [9.17, 15) is 0 Å². The molecule has 20 heavy (non-hydrogen) atoms. The molecular weight excluding hydrogens is 301 g/mol. The van der Waals surface area contributed by atoms with E-state index in [1.54, 1.807) is 30.2 Å². The monoisotopic (exact) mass is 309 g/mol. The van der Waals surface area contributed by atoms with Crippen molar-refractivity contribution in [3.8, 4) is 5.75 Å². The summed E-state index contributed by atoms with van der Waals surface area (Å²) in [6, 6.07) is 1.67. The summed E-state index contributed by atoms with van der Waals surface area (Å²) >= 11 is 11.9. The van der Waals surface area contributed by atoms with Crippen LogP contribution < -0.4 is 4.74 Å². The maximum Gasteiger partial charge on any atom is 0.170 e. The fourth-order valence-corrected chi connectivity index (χ4v) is 2.11. The zero-order valence-corrected chi connectivity index (χ0v) is 11.9. The molecule has 0 aliphatic heterocycles. The minimum absolute atomic E-state index is 0.170. The number of aromatic nitrogens is 5. The van der Waals surface area contributed by atoms with Crippen LogP contribution in [0.1, 0.15) is 5.82 Å². The second-order valence-electron chi connectivity index (χ2n) is 4.06. The highest BCUT2D eigenvalue weighted by atomic mass is 35.5. The smallest absolute Gasteiger partial charge is 0.170 e. The molecule has 3 rings (SSSR count). The van der Waals surface area contributed by atoms with Crippen LogP contribution in [0.3, 0.4) is 0 Å². The molecule has 3 aromatic rings. The average molecular weight is 310 g/mol. The lowest BCUT2D eigenvalue weighted by atomic mass is 10.4. The molecule has 8 heteroatoms. The van der Waals surface area contributed by atoms with E-state index >= 15 is 0 Å². The van der Waals surface area contributed by atoms with Gasteiger partial charge in [-0.05, 0) is 0 Å². The Morgan fingerprint density at radius 2 is 2.05 bits per heavy atom. The predicted molar refractivity (Wildman–Crippen MR) is 74.9 cm³/mol. The third kappa shape index (κ3) is 2.52. The Kier molecular flexibility index (Phi) is 3.42. The van der Waals surface area contributed by atoms with Crippen LogP contribution in [-0.4, -0.2) is 24.7 Å². The number of pyridine rings is 1. The molecule has 0 radical (unpaired) electrons. The minimum atomic E-state index is 0.170. The molecule has 0 aromatic carbocycles. The third-order valence-electron chi connectivity index (χ3n) is 2.64. The number of fused-ring (bicyclic) bond motifs is 1. The summed E-state index contributed by atoms with van der Waals surface area (Å²) in [4.78, 5) is 12.5. The van der Waals surface area contributed by atoms with Gasteiger partial charge in [-0.15, -0.1) is 0 Å². The molecule has 3 aromatic heterocycles. The third-order valence-corrected chi connectivity index (χ3v) is 3.13. The second kappa shape index (κ2) is 5.22. The van der Waals surface area contributed by atoms with Crippen LogP contribution in [0, 0.1) is 0 Å². The Bertz CT molecular complexity index is 774. The standard InChI is InChI=1S/C12H9Cl2N5O/c1-19-12-9(5-16-19)11(14)17-10(18-12)6-20-8-2-7(13)3-15-4-8/h2-5H,6H2,1H3. The number of nitrogens with zero attached hydrogens (tertiary/aromatic N) is 5. The Labute approximate surface area is 124 Å². The van der Waals surface area contributed by atoms with Crippen molar-refractivity contribution in [3.05, 3.63) is 40.7 Å². The SMILES string of the molecule is Cn1ncc2c(Cl)nc(COc3cncc(Cl)c3)nc21. The number of rotatable bonds is 3. The van der Waals surface area contributed by atoms with Crippen LogP contribution >= 0.6 is 23.2 Å². The molecule has 0 aliphatic carbocycles. The van der Waals surface area contributed by atoms with Gasteiger partial charge < -0.3 is 4.74 Å². The molecule has 0 unspecified atom stereocenters. The van der Waals surface area contributed by atoms with E-state index in [4.69, 9.17) is 27.9 Å². The zero-order chi connectivity index (χ0) is 14.1. The molecule has 0 spiro atoms. The topological polar surface area (TPSA) is 65.7 Å². The summed E-state index contributed by atoms with van der Waals surface area (Å²) in [5.41, 5.74) is 0.660. The second-order valence-corrected chi connectivity index (χ2v) is 4.86. The highest BCUT2D eigenvalue weighted by Crippen LogP contribution is 2.20. The van der Waals surface area contributed by atoms with E-state index in [0.29, 0.717) is 32.8 Å². The first-order valence-electron chi connectivity index (χ1n) is 5.71. The summed E-state index contributed by atoms with van der Waals surface area (Å²) in [5.74, 6) is 1.01. The van der Waals surface area contributed by atoms with E-state index in [1.165, 1.54) is 6.20 Å². The molecule has 0 aliphatic rings. The summed E-state index contributed by atoms with van der Waals surface area (Å²) in [5, 5.41) is 5.66. The van der Waals surface area contributed by atoms with E-state index in [2.05, 4.69) is 20.1 Å². The van der Waals surface area contributed by atoms with Gasteiger partial charge in [-0.1, -0.05) is 23.2 Å². The van der Waals surface area contributed by atoms with Crippen molar-refractivity contribution in [2.24, 2.45) is 7.05 Å². The van der Waals surface area contributed by atoms with E-state index in [1.807, 2.05) is 0 Å². The first kappa shape index (κ1) is 13.1. The van der Waals surface area contributed by atoms with Gasteiger partial charge in [-0.25, -0.2) is 9.97 Å². The van der Waals surface area contributed by atoms with Crippen LogP contribution in [0.2, 0.25) is 10.2 Å². The average Bonchev–Trinajstić information content (AvgIpc) is 2.79. The number of ether oxygens (including phenoxy) is 1. The van der Waals surface area contributed by atoms with Gasteiger partial charge >= 0.3 is 0 Å². The molecule has 0 saturated heterocycles. The molecule has 0 N–H and O–H groups in total. The summed E-state index contributed by atoms with van der Waals surface area (Å²) < 4.78 is 7.17. The first-order valence-corrected chi connectivity index (χ1v) is 6.46. The van der Waals surface area contributed by atoms with Crippen LogP contribution in [0.15, 0.2) is 24.7 Å². The van der Waals surface area contributed by atoms with Crippen molar-refractivity contribution < 1.29 is 4.74 Å². The van der Waals surface area contributed by atoms with Crippen LogP contribution in [-0.2, 0) is 13.7 Å². The Morgan fingerprint density at radius 3 is 2.85 bits per heavy atom. The maximum absolute atomic E-state index is 6.09. The van der Waals surface area contributed by atoms with Gasteiger partial charge in [-0.3, -0.25) is 9.67 Å². The van der Waals surface area contributed by atoms with Crippen LogP contribution in [0.25, 0.3) is 11.0 Å². The van der Waals surface area contributed by atoms with E-state index in [-0.39, 0.29) is 6.61 Å². The lowest BCUT2D eigenvalue weighted by Gasteiger charge is -2.06. The van der Waals surface area contributed by atoms with Crippen molar-refractivity contribution in [3.63, 3.8) is 0 Å². The lowest BCUT2D eigenvalue weighted by Crippen LogP contribution is -2.04. The number of hydrogen-bond acceptors (Lipinski definition) is 5. The number of halogens is 2. The quantitative estimate of drug-likeness (QED) is 0.696. The molecule has 0 saturated carbocycles. The molecule has 102 valence electrons. The lowest BCUT2D eigenvalue weighted by molar-refractivity contribution is 0.295. The minimum Gasteiger partial charge on any atom is -0.484 e. The van der Waals surface area contributed by atoms with Crippen molar-refractivity contribution in [2.45, 2.75) is 6.61 Å². The summed E-state index contributed by atoms with van der Waals surface area (Å²) in [6.45, 7) is 0.170. The maximum atomic E-state index is 6.09. The van der Waals surface area contributed by atoms with E-state index < -0.39 is 0 Å². The van der Waals surface area contributed by atoms with Crippen LogP contribution in [0.4, 0.5) is 0 Å². The van der Waals surface area contributed by atoms with Gasteiger partial charge in [0.25, 0.3) is 0 Å². The Balaban J connectivity index is 1.86. The van der Waals surface area contributed by atoms with Gasteiger partial charge in [0.05, 0.1) is 22.8 Å². The largest absolute Gasteiger partial charge is 0.484 e. The molecule has 0 amide bonds. The highest BCUT2D eigenvalue weighted by Gasteiger charge is 2.10. The normalized spacial score (nSPS) is 10.9. The van der Waals surface area contributed by atoms with Gasteiger partial charge in [-0.2, -0.15) is 5.10 Å². The summed E-state index contributed by atoms with van der Waals surface area (Å²) in [7, 11) is 1.79. The molecular formula is C12H9Cl2N5O. The van der Waals surface area contributed by atoms with E-state index in [0.717, 1.165) is 0 Å². The summed E-state index contributed by atoms with van der Waals surface area (Å²) in [6.07, 6.45) is 4.72. The van der Waals surface area contributed by atoms with Crippen molar-refractivity contribution >= 4 is 34.2 Å². The fourth-order valence-electron chi connectivity index (χ4n) is 1.71.